The van der Waals surface area contributed by atoms with E-state index in [-0.39, 0.29) is 0 Å². The minimum absolute atomic E-state index is 0.397. The predicted octanol–water partition coefficient (Wildman–Crippen LogP) is 2.52. The van der Waals surface area contributed by atoms with Crippen LogP contribution in [0.25, 0.3) is 0 Å². The lowest BCUT2D eigenvalue weighted by molar-refractivity contribution is -0.119. The number of rotatable bonds is 6. The first-order valence-electron chi connectivity index (χ1n) is 8.12. The van der Waals surface area contributed by atoms with Crippen molar-refractivity contribution in [1.29, 1.82) is 0 Å². The van der Waals surface area contributed by atoms with Crippen molar-refractivity contribution in [3.05, 3.63) is 42.0 Å². The molecule has 2 aromatic carbocycles. The van der Waals surface area contributed by atoms with Crippen LogP contribution in [-0.4, -0.2) is 40.4 Å². The van der Waals surface area contributed by atoms with Gasteiger partial charge in [-0.1, -0.05) is 0 Å². The Balaban J connectivity index is 2.09. The fourth-order valence-corrected chi connectivity index (χ4v) is 3.04. The molecule has 2 aromatic rings. The zero-order chi connectivity index (χ0) is 19.6. The molecule has 1 heterocycles. The molecule has 1 aliphatic rings. The number of nitrogens with one attached hydrogen (secondary N) is 1. The van der Waals surface area contributed by atoms with E-state index in [2.05, 4.69) is 5.32 Å². The van der Waals surface area contributed by atoms with E-state index in [4.69, 9.17) is 18.9 Å². The smallest absolute Gasteiger partial charge is 0.329 e. The normalized spacial score (nSPS) is 16.1. The number of amides is 3. The molecule has 1 saturated heterocycles. The lowest BCUT2D eigenvalue weighted by atomic mass is 10.0. The Morgan fingerprint density at radius 2 is 1.44 bits per heavy atom. The van der Waals surface area contributed by atoms with Crippen LogP contribution in [-0.2, 0) is 4.79 Å². The van der Waals surface area contributed by atoms with Crippen molar-refractivity contribution in [3.8, 4) is 23.0 Å². The Labute approximate surface area is 156 Å². The van der Waals surface area contributed by atoms with Gasteiger partial charge in [0.05, 0.1) is 28.4 Å². The van der Waals surface area contributed by atoms with E-state index in [1.165, 1.54) is 26.2 Å². The number of urea groups is 1. The highest BCUT2D eigenvalue weighted by atomic mass is 16.5. The van der Waals surface area contributed by atoms with E-state index >= 15 is 0 Å². The fourth-order valence-electron chi connectivity index (χ4n) is 3.04. The summed E-state index contributed by atoms with van der Waals surface area (Å²) in [5, 5.41) is 2.35. The van der Waals surface area contributed by atoms with Crippen molar-refractivity contribution < 1.29 is 28.5 Å². The predicted molar refractivity (Wildman–Crippen MR) is 97.9 cm³/mol. The SMILES string of the molecule is COc1ccc(N2C(=O)NC(=O)C2c2cc(OC)c(OC)c(OC)c2)cc1. The van der Waals surface area contributed by atoms with Crippen molar-refractivity contribution in [2.24, 2.45) is 0 Å². The van der Waals surface area contributed by atoms with E-state index in [9.17, 15) is 9.59 Å². The molecule has 3 rings (SSSR count). The first kappa shape index (κ1) is 18.4. The molecule has 0 spiro atoms. The summed E-state index contributed by atoms with van der Waals surface area (Å²) < 4.78 is 21.2. The van der Waals surface area contributed by atoms with Gasteiger partial charge in [-0.3, -0.25) is 15.0 Å². The zero-order valence-electron chi connectivity index (χ0n) is 15.4. The van der Waals surface area contributed by atoms with Crippen LogP contribution in [0.3, 0.4) is 0 Å². The molecule has 1 N–H and O–H groups in total. The monoisotopic (exact) mass is 372 g/mol. The highest BCUT2D eigenvalue weighted by Gasteiger charge is 2.41. The molecule has 8 heteroatoms. The van der Waals surface area contributed by atoms with Crippen molar-refractivity contribution >= 4 is 17.6 Å². The number of nitrogens with zero attached hydrogens (tertiary/aromatic N) is 1. The number of carbonyl (C=O) groups excluding carboxylic acids is 2. The largest absolute Gasteiger partial charge is 0.497 e. The minimum Gasteiger partial charge on any atom is -0.497 e. The van der Waals surface area contributed by atoms with Gasteiger partial charge in [0.2, 0.25) is 5.75 Å². The van der Waals surface area contributed by atoms with Crippen LogP contribution in [0.1, 0.15) is 11.6 Å². The maximum Gasteiger partial charge on any atom is 0.329 e. The van der Waals surface area contributed by atoms with Crippen molar-refractivity contribution in [2.75, 3.05) is 33.3 Å². The van der Waals surface area contributed by atoms with Crippen LogP contribution < -0.4 is 29.2 Å². The molecule has 142 valence electrons. The second kappa shape index (κ2) is 7.45. The lowest BCUT2D eigenvalue weighted by Gasteiger charge is -2.23. The number of imide groups is 1. The molecule has 1 unspecified atom stereocenters. The van der Waals surface area contributed by atoms with Crippen LogP contribution in [0.4, 0.5) is 10.5 Å². The molecule has 1 atom stereocenters. The number of carbonyl (C=O) groups is 2. The van der Waals surface area contributed by atoms with E-state index in [0.717, 1.165) is 0 Å². The third-order valence-electron chi connectivity index (χ3n) is 4.31. The van der Waals surface area contributed by atoms with E-state index < -0.39 is 18.0 Å². The highest BCUT2D eigenvalue weighted by molar-refractivity contribution is 6.14. The zero-order valence-corrected chi connectivity index (χ0v) is 15.4. The molecule has 27 heavy (non-hydrogen) atoms. The Kier molecular flexibility index (Phi) is 5.07. The summed E-state index contributed by atoms with van der Waals surface area (Å²) in [7, 11) is 6.03. The van der Waals surface area contributed by atoms with Gasteiger partial charge < -0.3 is 18.9 Å². The van der Waals surface area contributed by atoms with E-state index in [0.29, 0.717) is 34.2 Å². The maximum absolute atomic E-state index is 12.5. The summed E-state index contributed by atoms with van der Waals surface area (Å²) in [4.78, 5) is 26.3. The Bertz CT molecular complexity index is 840. The minimum atomic E-state index is -0.875. The summed E-state index contributed by atoms with van der Waals surface area (Å²) in [6, 6.07) is 8.78. The highest BCUT2D eigenvalue weighted by Crippen LogP contribution is 2.42. The number of ether oxygens (including phenoxy) is 4. The molecular formula is C19H20N2O6. The van der Waals surface area contributed by atoms with Gasteiger partial charge in [0.15, 0.2) is 11.5 Å². The fraction of sp³-hybridized carbons (Fsp3) is 0.263. The number of methoxy groups -OCH3 is 4. The standard InChI is InChI=1S/C19H20N2O6/c1-24-13-7-5-12(6-8-13)21-16(18(22)20-19(21)23)11-9-14(25-2)17(27-4)15(10-11)26-3/h5-10,16H,1-4H3,(H,20,22,23). The summed E-state index contributed by atoms with van der Waals surface area (Å²) >= 11 is 0. The molecule has 1 aliphatic heterocycles. The van der Waals surface area contributed by atoms with Gasteiger partial charge in [0.1, 0.15) is 11.8 Å². The van der Waals surface area contributed by atoms with Gasteiger partial charge in [-0.15, -0.1) is 0 Å². The van der Waals surface area contributed by atoms with Gasteiger partial charge in [0.25, 0.3) is 5.91 Å². The summed E-state index contributed by atoms with van der Waals surface area (Å²) in [5.41, 5.74) is 1.08. The van der Waals surface area contributed by atoms with Crippen LogP contribution in [0.5, 0.6) is 23.0 Å². The van der Waals surface area contributed by atoms with Gasteiger partial charge >= 0.3 is 6.03 Å². The first-order valence-corrected chi connectivity index (χ1v) is 8.12. The van der Waals surface area contributed by atoms with Crippen LogP contribution in [0.15, 0.2) is 36.4 Å². The first-order chi connectivity index (χ1) is 13.0. The molecule has 0 aliphatic carbocycles. The molecule has 3 amide bonds. The average molecular weight is 372 g/mol. The molecular weight excluding hydrogens is 352 g/mol. The number of anilines is 1. The Morgan fingerprint density at radius 1 is 0.852 bits per heavy atom. The van der Waals surface area contributed by atoms with Gasteiger partial charge in [-0.05, 0) is 42.0 Å². The lowest BCUT2D eigenvalue weighted by Crippen LogP contribution is -2.29. The van der Waals surface area contributed by atoms with Crippen molar-refractivity contribution in [2.45, 2.75) is 6.04 Å². The Hall–Kier alpha value is -3.42. The van der Waals surface area contributed by atoms with Crippen molar-refractivity contribution in [1.82, 2.24) is 5.32 Å². The number of hydrogen-bond donors (Lipinski definition) is 1. The molecule has 1 fully saturated rings. The number of benzene rings is 2. The number of hydrogen-bond acceptors (Lipinski definition) is 6. The third-order valence-corrected chi connectivity index (χ3v) is 4.31. The Morgan fingerprint density at radius 3 is 1.93 bits per heavy atom. The topological polar surface area (TPSA) is 86.3 Å². The molecule has 8 nitrogen and oxygen atoms in total. The average Bonchev–Trinajstić information content (AvgIpc) is 3.00. The maximum atomic E-state index is 12.5. The van der Waals surface area contributed by atoms with Crippen LogP contribution in [0, 0.1) is 0 Å². The van der Waals surface area contributed by atoms with Gasteiger partial charge in [0, 0.05) is 5.69 Å². The second-order valence-electron chi connectivity index (χ2n) is 5.72. The van der Waals surface area contributed by atoms with E-state index in [1.807, 2.05) is 0 Å². The molecule has 0 aromatic heterocycles. The molecule has 0 saturated carbocycles. The molecule has 0 radical (unpaired) electrons. The quantitative estimate of drug-likeness (QED) is 0.784. The second-order valence-corrected chi connectivity index (χ2v) is 5.72. The van der Waals surface area contributed by atoms with Gasteiger partial charge in [-0.2, -0.15) is 0 Å². The summed E-state index contributed by atoms with van der Waals surface area (Å²) in [5.74, 6) is 1.41. The third kappa shape index (κ3) is 3.21. The van der Waals surface area contributed by atoms with Gasteiger partial charge in [-0.25, -0.2) is 4.79 Å². The summed E-state index contributed by atoms with van der Waals surface area (Å²) in [6.07, 6.45) is 0. The van der Waals surface area contributed by atoms with Crippen LogP contribution in [0.2, 0.25) is 0 Å². The molecule has 0 bridgehead atoms. The van der Waals surface area contributed by atoms with Crippen molar-refractivity contribution in [3.63, 3.8) is 0 Å². The van der Waals surface area contributed by atoms with Crippen LogP contribution >= 0.6 is 0 Å². The summed E-state index contributed by atoms with van der Waals surface area (Å²) in [6.45, 7) is 0. The van der Waals surface area contributed by atoms with E-state index in [1.54, 1.807) is 43.5 Å².